The van der Waals surface area contributed by atoms with Gasteiger partial charge in [-0.15, -0.1) is 0 Å². The number of aliphatic hydroxyl groups is 1. The second kappa shape index (κ2) is 7.48. The number of hydrogen-bond acceptors (Lipinski definition) is 5. The van der Waals surface area contributed by atoms with Crippen molar-refractivity contribution in [1.82, 2.24) is 19.8 Å². The number of fused-ring (bicyclic) bond motifs is 1. The third kappa shape index (κ3) is 3.57. The first-order valence-electron chi connectivity index (χ1n) is 9.25. The van der Waals surface area contributed by atoms with Gasteiger partial charge < -0.3 is 29.4 Å². The highest BCUT2D eigenvalue weighted by molar-refractivity contribution is 5.74. The van der Waals surface area contributed by atoms with E-state index in [0.717, 1.165) is 23.6 Å². The lowest BCUT2D eigenvalue weighted by Gasteiger charge is -2.36. The number of amides is 2. The van der Waals surface area contributed by atoms with Crippen LogP contribution in [-0.4, -0.2) is 51.6 Å². The molecule has 3 heterocycles. The maximum absolute atomic E-state index is 12.5. The van der Waals surface area contributed by atoms with Crippen molar-refractivity contribution in [2.45, 2.75) is 38.5 Å². The molecule has 1 saturated heterocycles. The molecule has 2 atom stereocenters. The SMILES string of the molecule is CCn1cncc1CNC(=O)N1CC[C@@H](c2ccc3c(c2)OCO3)[C@H](O)C1. The average Bonchev–Trinajstić information content (AvgIpc) is 3.34. The number of nitrogens with one attached hydrogen (secondary N) is 1. The Balaban J connectivity index is 1.34. The van der Waals surface area contributed by atoms with Gasteiger partial charge in [-0.1, -0.05) is 6.07 Å². The van der Waals surface area contributed by atoms with Gasteiger partial charge in [0.1, 0.15) is 0 Å². The Morgan fingerprint density at radius 1 is 1.37 bits per heavy atom. The van der Waals surface area contributed by atoms with E-state index in [9.17, 15) is 9.90 Å². The number of aliphatic hydroxyl groups excluding tert-OH is 1. The smallest absolute Gasteiger partial charge is 0.317 e. The van der Waals surface area contributed by atoms with E-state index < -0.39 is 6.10 Å². The van der Waals surface area contributed by atoms with Gasteiger partial charge in [0.25, 0.3) is 0 Å². The van der Waals surface area contributed by atoms with Crippen LogP contribution in [0.4, 0.5) is 4.79 Å². The molecule has 0 bridgehead atoms. The van der Waals surface area contributed by atoms with E-state index in [1.54, 1.807) is 17.4 Å². The van der Waals surface area contributed by atoms with Crippen LogP contribution in [-0.2, 0) is 13.1 Å². The van der Waals surface area contributed by atoms with Gasteiger partial charge in [-0.05, 0) is 31.0 Å². The van der Waals surface area contributed by atoms with Crippen LogP contribution < -0.4 is 14.8 Å². The molecule has 0 unspecified atom stereocenters. The zero-order valence-corrected chi connectivity index (χ0v) is 15.3. The summed E-state index contributed by atoms with van der Waals surface area (Å²) in [5, 5.41) is 13.5. The molecule has 2 aliphatic rings. The first kappa shape index (κ1) is 17.7. The van der Waals surface area contributed by atoms with Crippen molar-refractivity contribution in [2.24, 2.45) is 0 Å². The second-order valence-electron chi connectivity index (χ2n) is 6.85. The van der Waals surface area contributed by atoms with Gasteiger partial charge in [0.05, 0.1) is 24.7 Å². The quantitative estimate of drug-likeness (QED) is 0.853. The normalized spacial score (nSPS) is 21.3. The molecular weight excluding hydrogens is 348 g/mol. The summed E-state index contributed by atoms with van der Waals surface area (Å²) in [5.74, 6) is 1.42. The average molecular weight is 372 g/mol. The number of carbonyl (C=O) groups excluding carboxylic acids is 1. The Kier molecular flexibility index (Phi) is 4.89. The van der Waals surface area contributed by atoms with E-state index in [-0.39, 0.29) is 18.7 Å². The van der Waals surface area contributed by atoms with Crippen molar-refractivity contribution in [2.75, 3.05) is 19.9 Å². The number of carbonyl (C=O) groups is 1. The molecule has 2 amide bonds. The van der Waals surface area contributed by atoms with Gasteiger partial charge in [0, 0.05) is 31.7 Å². The first-order valence-corrected chi connectivity index (χ1v) is 9.25. The Bertz CT molecular complexity index is 822. The number of ether oxygens (including phenoxy) is 2. The highest BCUT2D eigenvalue weighted by atomic mass is 16.7. The number of hydrogen-bond donors (Lipinski definition) is 2. The van der Waals surface area contributed by atoms with E-state index in [0.29, 0.717) is 31.8 Å². The summed E-state index contributed by atoms with van der Waals surface area (Å²) >= 11 is 0. The molecule has 144 valence electrons. The van der Waals surface area contributed by atoms with Gasteiger partial charge >= 0.3 is 6.03 Å². The zero-order valence-electron chi connectivity index (χ0n) is 15.3. The van der Waals surface area contributed by atoms with Crippen LogP contribution in [0.3, 0.4) is 0 Å². The number of aromatic nitrogens is 2. The van der Waals surface area contributed by atoms with E-state index >= 15 is 0 Å². The largest absolute Gasteiger partial charge is 0.454 e. The number of urea groups is 1. The number of β-amino-alcohol motifs (C(OH)–C–C–N with tert-alkyl or cyclic N) is 1. The van der Waals surface area contributed by atoms with E-state index in [4.69, 9.17) is 9.47 Å². The topological polar surface area (TPSA) is 88.9 Å². The lowest BCUT2D eigenvalue weighted by molar-refractivity contribution is 0.0652. The van der Waals surface area contributed by atoms with Crippen LogP contribution in [0.15, 0.2) is 30.7 Å². The summed E-state index contributed by atoms with van der Waals surface area (Å²) in [4.78, 5) is 18.2. The fourth-order valence-corrected chi connectivity index (χ4v) is 3.71. The molecule has 4 rings (SSSR count). The molecule has 1 fully saturated rings. The minimum atomic E-state index is -0.619. The Morgan fingerprint density at radius 2 is 2.22 bits per heavy atom. The molecule has 27 heavy (non-hydrogen) atoms. The van der Waals surface area contributed by atoms with Crippen molar-refractivity contribution < 1.29 is 19.4 Å². The Morgan fingerprint density at radius 3 is 3.04 bits per heavy atom. The van der Waals surface area contributed by atoms with Gasteiger partial charge in [0.15, 0.2) is 11.5 Å². The van der Waals surface area contributed by atoms with Crippen molar-refractivity contribution >= 4 is 6.03 Å². The summed E-state index contributed by atoms with van der Waals surface area (Å²) in [6.07, 6.45) is 3.58. The molecule has 2 N–H and O–H groups in total. The molecule has 2 aromatic rings. The Labute approximate surface area is 157 Å². The van der Waals surface area contributed by atoms with E-state index in [1.807, 2.05) is 29.7 Å². The molecule has 2 aliphatic heterocycles. The number of imidazole rings is 1. The first-order chi connectivity index (χ1) is 13.2. The summed E-state index contributed by atoms with van der Waals surface area (Å²) in [6.45, 7) is 4.39. The zero-order chi connectivity index (χ0) is 18.8. The third-order valence-electron chi connectivity index (χ3n) is 5.25. The van der Waals surface area contributed by atoms with E-state index in [2.05, 4.69) is 10.3 Å². The van der Waals surface area contributed by atoms with Crippen LogP contribution in [0.5, 0.6) is 11.5 Å². The van der Waals surface area contributed by atoms with Crippen molar-refractivity contribution in [3.8, 4) is 11.5 Å². The number of likely N-dealkylation sites (tertiary alicyclic amines) is 1. The minimum absolute atomic E-state index is 0.0231. The lowest BCUT2D eigenvalue weighted by atomic mass is 9.87. The fourth-order valence-electron chi connectivity index (χ4n) is 3.71. The summed E-state index contributed by atoms with van der Waals surface area (Å²) in [6, 6.07) is 5.60. The molecule has 0 aliphatic carbocycles. The van der Waals surface area contributed by atoms with Gasteiger partial charge in [-0.25, -0.2) is 9.78 Å². The summed E-state index contributed by atoms with van der Waals surface area (Å²) in [7, 11) is 0. The number of benzene rings is 1. The predicted octanol–water partition coefficient (Wildman–Crippen LogP) is 1.69. The molecule has 1 aromatic carbocycles. The molecule has 1 aromatic heterocycles. The number of aryl methyl sites for hydroxylation is 1. The maximum Gasteiger partial charge on any atom is 0.317 e. The van der Waals surface area contributed by atoms with E-state index in [1.165, 1.54) is 0 Å². The molecule has 0 radical (unpaired) electrons. The second-order valence-corrected chi connectivity index (χ2v) is 6.85. The highest BCUT2D eigenvalue weighted by Crippen LogP contribution is 2.37. The van der Waals surface area contributed by atoms with Crippen molar-refractivity contribution in [1.29, 1.82) is 0 Å². The highest BCUT2D eigenvalue weighted by Gasteiger charge is 2.32. The van der Waals surface area contributed by atoms with Gasteiger partial charge in [-0.3, -0.25) is 0 Å². The number of rotatable bonds is 4. The standard InChI is InChI=1S/C19H24N4O4/c1-2-22-11-20-8-14(22)9-21-19(25)23-6-5-15(16(24)10-23)13-3-4-17-18(7-13)27-12-26-17/h3-4,7-8,11,15-16,24H,2,5-6,9-10,12H2,1H3,(H,21,25)/t15-,16+/m0/s1. The van der Waals surface area contributed by atoms with Crippen molar-refractivity contribution in [3.63, 3.8) is 0 Å². The molecule has 0 spiro atoms. The van der Waals surface area contributed by atoms with Crippen molar-refractivity contribution in [3.05, 3.63) is 42.0 Å². The molecule has 8 nitrogen and oxygen atoms in total. The lowest BCUT2D eigenvalue weighted by Crippen LogP contribution is -2.49. The van der Waals surface area contributed by atoms with Crippen LogP contribution >= 0.6 is 0 Å². The van der Waals surface area contributed by atoms with Crippen LogP contribution in [0.2, 0.25) is 0 Å². The molecule has 8 heteroatoms. The van der Waals surface area contributed by atoms with Crippen LogP contribution in [0.1, 0.15) is 30.5 Å². The number of piperidine rings is 1. The van der Waals surface area contributed by atoms with Crippen LogP contribution in [0, 0.1) is 0 Å². The fraction of sp³-hybridized carbons (Fsp3) is 0.474. The minimum Gasteiger partial charge on any atom is -0.454 e. The number of nitrogens with zero attached hydrogens (tertiary/aromatic N) is 3. The van der Waals surface area contributed by atoms with Crippen LogP contribution in [0.25, 0.3) is 0 Å². The van der Waals surface area contributed by atoms with Gasteiger partial charge in [-0.2, -0.15) is 0 Å². The predicted molar refractivity (Wildman–Crippen MR) is 97.6 cm³/mol. The van der Waals surface area contributed by atoms with Gasteiger partial charge in [0.2, 0.25) is 6.79 Å². The Hall–Kier alpha value is -2.74. The summed E-state index contributed by atoms with van der Waals surface area (Å²) < 4.78 is 12.8. The summed E-state index contributed by atoms with van der Waals surface area (Å²) in [5.41, 5.74) is 1.97. The maximum atomic E-state index is 12.5. The molecular formula is C19H24N4O4. The monoisotopic (exact) mass is 372 g/mol. The third-order valence-corrected chi connectivity index (χ3v) is 5.25. The molecule has 0 saturated carbocycles.